The van der Waals surface area contributed by atoms with Gasteiger partial charge >= 0.3 is 0 Å². The second kappa shape index (κ2) is 8.29. The maximum atomic E-state index is 12.8. The molecule has 6 nitrogen and oxygen atoms in total. The predicted octanol–water partition coefficient (Wildman–Crippen LogP) is 2.47. The summed E-state index contributed by atoms with van der Waals surface area (Å²) < 4.78 is 17.2. The Balaban J connectivity index is 1.42. The molecular weight excluding hydrogens is 364 g/mol. The van der Waals surface area contributed by atoms with Crippen molar-refractivity contribution in [3.05, 3.63) is 46.7 Å². The van der Waals surface area contributed by atoms with Crippen molar-refractivity contribution in [3.63, 3.8) is 0 Å². The Labute approximate surface area is 163 Å². The van der Waals surface area contributed by atoms with Crippen LogP contribution in [0, 0.1) is 0 Å². The number of carbonyl (C=O) groups excluding carboxylic acids is 1. The van der Waals surface area contributed by atoms with Crippen LogP contribution in [0.5, 0.6) is 11.5 Å². The van der Waals surface area contributed by atoms with Gasteiger partial charge in [-0.1, -0.05) is 18.2 Å². The van der Waals surface area contributed by atoms with Gasteiger partial charge in [0.15, 0.2) is 11.5 Å². The highest BCUT2D eigenvalue weighted by atomic mass is 32.1. The van der Waals surface area contributed by atoms with E-state index in [0.29, 0.717) is 18.0 Å². The molecule has 0 saturated carbocycles. The zero-order valence-electron chi connectivity index (χ0n) is 15.3. The number of hydrogen-bond donors (Lipinski definition) is 1. The lowest BCUT2D eigenvalue weighted by Gasteiger charge is -2.35. The summed E-state index contributed by atoms with van der Waals surface area (Å²) in [6.07, 6.45) is -1.00. The number of benzene rings is 1. The average molecular weight is 388 g/mol. The lowest BCUT2D eigenvalue weighted by atomic mass is 10.1. The van der Waals surface area contributed by atoms with Gasteiger partial charge in [-0.05, 0) is 30.5 Å². The van der Waals surface area contributed by atoms with Crippen molar-refractivity contribution in [3.8, 4) is 11.5 Å². The highest BCUT2D eigenvalue weighted by Crippen LogP contribution is 2.33. The minimum Gasteiger partial charge on any atom is -0.482 e. The maximum absolute atomic E-state index is 12.8. The van der Waals surface area contributed by atoms with Crippen LogP contribution in [-0.4, -0.2) is 55.9 Å². The quantitative estimate of drug-likeness (QED) is 0.853. The Kier molecular flexibility index (Phi) is 5.61. The second-order valence-corrected chi connectivity index (χ2v) is 7.71. The van der Waals surface area contributed by atoms with Gasteiger partial charge < -0.3 is 19.5 Å². The standard InChI is InChI=1S/C20H24N2O4S/c1-14-19(26-17-6-3-2-5-16(17)25-14)20(23)21-13-15(18-7-4-12-27-18)22-8-10-24-11-9-22/h2-7,12,14-15,19H,8-11,13H2,1H3,(H,21,23). The largest absolute Gasteiger partial charge is 0.482 e. The zero-order valence-corrected chi connectivity index (χ0v) is 16.1. The first-order chi connectivity index (χ1) is 13.2. The van der Waals surface area contributed by atoms with Crippen molar-refractivity contribution in [2.45, 2.75) is 25.2 Å². The van der Waals surface area contributed by atoms with Crippen LogP contribution in [0.15, 0.2) is 41.8 Å². The molecule has 0 bridgehead atoms. The van der Waals surface area contributed by atoms with E-state index in [4.69, 9.17) is 14.2 Å². The number of fused-ring (bicyclic) bond motifs is 1. The monoisotopic (exact) mass is 388 g/mol. The fourth-order valence-corrected chi connectivity index (χ4v) is 4.34. The first-order valence-electron chi connectivity index (χ1n) is 9.27. The molecule has 2 aromatic rings. The molecule has 7 heteroatoms. The number of thiophene rings is 1. The van der Waals surface area contributed by atoms with E-state index < -0.39 is 6.10 Å². The molecule has 0 spiro atoms. The molecule has 27 heavy (non-hydrogen) atoms. The minimum atomic E-state index is -0.659. The van der Waals surface area contributed by atoms with Crippen molar-refractivity contribution < 1.29 is 19.0 Å². The van der Waals surface area contributed by atoms with Gasteiger partial charge in [-0.3, -0.25) is 9.69 Å². The summed E-state index contributed by atoms with van der Waals surface area (Å²) in [5.74, 6) is 1.14. The minimum absolute atomic E-state index is 0.143. The lowest BCUT2D eigenvalue weighted by molar-refractivity contribution is -0.133. The molecule has 1 saturated heterocycles. The number of carbonyl (C=O) groups is 1. The van der Waals surface area contributed by atoms with Crippen LogP contribution >= 0.6 is 11.3 Å². The van der Waals surface area contributed by atoms with Crippen molar-refractivity contribution in [1.82, 2.24) is 10.2 Å². The van der Waals surface area contributed by atoms with Gasteiger partial charge in [-0.15, -0.1) is 11.3 Å². The van der Waals surface area contributed by atoms with E-state index in [0.717, 1.165) is 26.3 Å². The SMILES string of the molecule is CC1Oc2ccccc2OC1C(=O)NCC(c1cccs1)N1CCOCC1. The molecular formula is C20H24N2O4S. The molecule has 1 aromatic heterocycles. The molecule has 1 N–H and O–H groups in total. The first-order valence-corrected chi connectivity index (χ1v) is 10.2. The van der Waals surface area contributed by atoms with Crippen LogP contribution in [0.25, 0.3) is 0 Å². The summed E-state index contributed by atoms with van der Waals surface area (Å²) in [5, 5.41) is 5.15. The van der Waals surface area contributed by atoms with Crippen LogP contribution in [-0.2, 0) is 9.53 Å². The third-order valence-corrected chi connectivity index (χ3v) is 5.90. The molecule has 0 aliphatic carbocycles. The van der Waals surface area contributed by atoms with Gasteiger partial charge in [-0.25, -0.2) is 0 Å². The summed E-state index contributed by atoms with van der Waals surface area (Å²) in [7, 11) is 0. The summed E-state index contributed by atoms with van der Waals surface area (Å²) in [6, 6.07) is 11.8. The Hall–Kier alpha value is -2.09. The van der Waals surface area contributed by atoms with Gasteiger partial charge in [0.2, 0.25) is 6.10 Å². The van der Waals surface area contributed by atoms with E-state index in [-0.39, 0.29) is 18.1 Å². The number of amides is 1. The molecule has 3 unspecified atom stereocenters. The van der Waals surface area contributed by atoms with Crippen molar-refractivity contribution in [2.75, 3.05) is 32.8 Å². The normalized spacial score (nSPS) is 23.6. The van der Waals surface area contributed by atoms with Crippen molar-refractivity contribution in [2.24, 2.45) is 0 Å². The van der Waals surface area contributed by atoms with E-state index in [1.165, 1.54) is 4.88 Å². The predicted molar refractivity (Wildman–Crippen MR) is 103 cm³/mol. The van der Waals surface area contributed by atoms with Gasteiger partial charge in [0.1, 0.15) is 6.10 Å². The summed E-state index contributed by atoms with van der Waals surface area (Å²) >= 11 is 1.71. The van der Waals surface area contributed by atoms with Crippen LogP contribution < -0.4 is 14.8 Å². The number of nitrogens with zero attached hydrogens (tertiary/aromatic N) is 1. The van der Waals surface area contributed by atoms with E-state index in [1.54, 1.807) is 11.3 Å². The summed E-state index contributed by atoms with van der Waals surface area (Å²) in [4.78, 5) is 16.4. The molecule has 144 valence electrons. The van der Waals surface area contributed by atoms with Gasteiger partial charge in [0.25, 0.3) is 5.91 Å². The fraction of sp³-hybridized carbons (Fsp3) is 0.450. The smallest absolute Gasteiger partial charge is 0.265 e. The number of ether oxygens (including phenoxy) is 3. The highest BCUT2D eigenvalue weighted by molar-refractivity contribution is 7.10. The molecule has 1 aromatic carbocycles. The molecule has 1 amide bonds. The van der Waals surface area contributed by atoms with Gasteiger partial charge in [0.05, 0.1) is 19.3 Å². The first kappa shape index (κ1) is 18.3. The van der Waals surface area contributed by atoms with E-state index >= 15 is 0 Å². The second-order valence-electron chi connectivity index (χ2n) is 6.73. The fourth-order valence-electron chi connectivity index (χ4n) is 3.48. The molecule has 4 rings (SSSR count). The Morgan fingerprint density at radius 3 is 2.63 bits per heavy atom. The highest BCUT2D eigenvalue weighted by Gasteiger charge is 2.34. The third kappa shape index (κ3) is 4.10. The van der Waals surface area contributed by atoms with Crippen LogP contribution in [0.4, 0.5) is 0 Å². The Morgan fingerprint density at radius 1 is 1.19 bits per heavy atom. The topological polar surface area (TPSA) is 60.0 Å². The van der Waals surface area contributed by atoms with Gasteiger partial charge in [-0.2, -0.15) is 0 Å². The molecule has 3 heterocycles. The molecule has 0 radical (unpaired) electrons. The molecule has 1 fully saturated rings. The molecule has 2 aliphatic rings. The zero-order chi connectivity index (χ0) is 18.6. The van der Waals surface area contributed by atoms with E-state index in [9.17, 15) is 4.79 Å². The summed E-state index contributed by atoms with van der Waals surface area (Å²) in [5.41, 5.74) is 0. The Morgan fingerprint density at radius 2 is 1.93 bits per heavy atom. The number of nitrogens with one attached hydrogen (secondary N) is 1. The van der Waals surface area contributed by atoms with Crippen LogP contribution in [0.2, 0.25) is 0 Å². The lowest BCUT2D eigenvalue weighted by Crippen LogP contribution is -2.51. The number of morpholine rings is 1. The summed E-state index contributed by atoms with van der Waals surface area (Å²) in [6.45, 7) is 5.58. The third-order valence-electron chi connectivity index (χ3n) is 4.93. The number of para-hydroxylation sites is 2. The van der Waals surface area contributed by atoms with E-state index in [2.05, 4.69) is 21.7 Å². The van der Waals surface area contributed by atoms with E-state index in [1.807, 2.05) is 37.3 Å². The average Bonchev–Trinajstić information content (AvgIpc) is 3.23. The molecule has 3 atom stereocenters. The van der Waals surface area contributed by atoms with Crippen LogP contribution in [0.1, 0.15) is 17.8 Å². The van der Waals surface area contributed by atoms with Gasteiger partial charge in [0, 0.05) is 24.5 Å². The number of hydrogen-bond acceptors (Lipinski definition) is 6. The Bertz CT molecular complexity index is 761. The van der Waals surface area contributed by atoms with Crippen molar-refractivity contribution in [1.29, 1.82) is 0 Å². The molecule has 2 aliphatic heterocycles. The van der Waals surface area contributed by atoms with Crippen molar-refractivity contribution >= 4 is 17.2 Å². The maximum Gasteiger partial charge on any atom is 0.265 e. The van der Waals surface area contributed by atoms with Crippen LogP contribution in [0.3, 0.4) is 0 Å². The number of rotatable bonds is 5.